The lowest BCUT2D eigenvalue weighted by Crippen LogP contribution is -2.04. The Labute approximate surface area is 271 Å². The first kappa shape index (κ1) is 25.3. The zero-order valence-electron chi connectivity index (χ0n) is 25.7. The average Bonchev–Trinajstić information content (AvgIpc) is 3.73. The third kappa shape index (κ3) is 3.33. The number of pyridine rings is 1. The van der Waals surface area contributed by atoms with E-state index in [0.29, 0.717) is 0 Å². The summed E-state index contributed by atoms with van der Waals surface area (Å²) in [7, 11) is 0. The maximum absolute atomic E-state index is 5.29. The maximum atomic E-state index is 5.29. The van der Waals surface area contributed by atoms with Crippen molar-refractivity contribution >= 4 is 60.0 Å². The quantitative estimate of drug-likeness (QED) is 0.194. The number of fused-ring (bicyclic) bond motifs is 13. The van der Waals surface area contributed by atoms with E-state index < -0.39 is 0 Å². The highest BCUT2D eigenvalue weighted by Gasteiger charge is 2.31. The third-order valence-electron chi connectivity index (χ3n) is 10.7. The normalized spacial score (nSPS) is 14.9. The molecule has 3 heteroatoms. The predicted octanol–water partition coefficient (Wildman–Crippen LogP) is 11.1. The summed E-state index contributed by atoms with van der Waals surface area (Å²) in [6, 6.07) is 51.3. The summed E-state index contributed by atoms with van der Waals surface area (Å²) >= 11 is 0. The molecule has 0 spiro atoms. The zero-order valence-corrected chi connectivity index (χ0v) is 25.7. The molecular formula is C44H29N3. The van der Waals surface area contributed by atoms with Crippen molar-refractivity contribution in [2.24, 2.45) is 0 Å². The van der Waals surface area contributed by atoms with E-state index in [-0.39, 0.29) is 5.92 Å². The van der Waals surface area contributed by atoms with Crippen LogP contribution in [0.3, 0.4) is 0 Å². The van der Waals surface area contributed by atoms with E-state index in [1.54, 1.807) is 0 Å². The van der Waals surface area contributed by atoms with Crippen molar-refractivity contribution in [2.45, 2.75) is 18.8 Å². The zero-order chi connectivity index (χ0) is 30.6. The molecule has 11 rings (SSSR count). The van der Waals surface area contributed by atoms with Crippen LogP contribution in [0.5, 0.6) is 0 Å². The highest BCUT2D eigenvalue weighted by molar-refractivity contribution is 6.26. The van der Waals surface area contributed by atoms with Gasteiger partial charge in [0, 0.05) is 50.1 Å². The van der Waals surface area contributed by atoms with Crippen LogP contribution in [0.15, 0.2) is 146 Å². The van der Waals surface area contributed by atoms with Gasteiger partial charge in [0.25, 0.3) is 0 Å². The molecule has 0 aliphatic heterocycles. The highest BCUT2D eigenvalue weighted by atomic mass is 15.0. The Morgan fingerprint density at radius 1 is 0.553 bits per heavy atom. The molecule has 0 saturated carbocycles. The molecule has 1 aliphatic rings. The largest absolute Gasteiger partial charge is 0.308 e. The minimum absolute atomic E-state index is 0.185. The molecule has 6 aromatic carbocycles. The predicted molar refractivity (Wildman–Crippen MR) is 195 cm³/mol. The number of rotatable bonds is 2. The fourth-order valence-corrected chi connectivity index (χ4v) is 8.80. The lowest BCUT2D eigenvalue weighted by Gasteiger charge is -2.21. The van der Waals surface area contributed by atoms with Crippen molar-refractivity contribution in [2.75, 3.05) is 0 Å². The van der Waals surface area contributed by atoms with Gasteiger partial charge in [-0.1, -0.05) is 97.1 Å². The van der Waals surface area contributed by atoms with E-state index in [2.05, 4.69) is 155 Å². The summed E-state index contributed by atoms with van der Waals surface area (Å²) in [5.41, 5.74) is 14.1. The second-order valence-corrected chi connectivity index (χ2v) is 13.1. The molecular weight excluding hydrogens is 571 g/mol. The minimum Gasteiger partial charge on any atom is -0.308 e. The fourth-order valence-electron chi connectivity index (χ4n) is 8.80. The van der Waals surface area contributed by atoms with E-state index in [9.17, 15) is 0 Å². The Bertz CT molecular complexity index is 2850. The Morgan fingerprint density at radius 3 is 2.04 bits per heavy atom. The van der Waals surface area contributed by atoms with Gasteiger partial charge in [0.2, 0.25) is 0 Å². The lowest BCUT2D eigenvalue weighted by atomic mass is 9.82. The molecule has 0 N–H and O–H groups in total. The Kier molecular flexibility index (Phi) is 5.01. The smallest absolute Gasteiger partial charge is 0.145 e. The number of nitrogens with zero attached hydrogens (tertiary/aromatic N) is 3. The van der Waals surface area contributed by atoms with Crippen LogP contribution in [-0.2, 0) is 6.42 Å². The summed E-state index contributed by atoms with van der Waals surface area (Å²) in [5.74, 6) is 0.185. The third-order valence-corrected chi connectivity index (χ3v) is 10.7. The number of hydrogen-bond acceptors (Lipinski definition) is 1. The first-order valence-corrected chi connectivity index (χ1v) is 16.6. The molecule has 1 aliphatic carbocycles. The van der Waals surface area contributed by atoms with Gasteiger partial charge in [0.05, 0.1) is 22.1 Å². The molecule has 4 aromatic heterocycles. The Balaban J connectivity index is 1.27. The molecule has 0 bridgehead atoms. The summed E-state index contributed by atoms with van der Waals surface area (Å²) in [5, 5.41) is 7.81. The summed E-state index contributed by atoms with van der Waals surface area (Å²) in [6.07, 6.45) is 4.21. The molecule has 220 valence electrons. The van der Waals surface area contributed by atoms with Crippen LogP contribution in [0.4, 0.5) is 0 Å². The van der Waals surface area contributed by atoms with Crippen molar-refractivity contribution < 1.29 is 0 Å². The van der Waals surface area contributed by atoms with Crippen LogP contribution in [0.1, 0.15) is 29.0 Å². The van der Waals surface area contributed by atoms with Gasteiger partial charge in [-0.05, 0) is 83.1 Å². The van der Waals surface area contributed by atoms with Gasteiger partial charge in [-0.3, -0.25) is 4.57 Å². The van der Waals surface area contributed by atoms with Crippen molar-refractivity contribution in [1.82, 2.24) is 14.0 Å². The molecule has 10 aromatic rings. The van der Waals surface area contributed by atoms with E-state index >= 15 is 0 Å². The number of aromatic nitrogens is 3. The van der Waals surface area contributed by atoms with Crippen LogP contribution in [0, 0.1) is 0 Å². The second kappa shape index (κ2) is 9.31. The van der Waals surface area contributed by atoms with Crippen molar-refractivity contribution in [3.8, 4) is 16.8 Å². The molecule has 1 atom stereocenters. The monoisotopic (exact) mass is 599 g/mol. The van der Waals surface area contributed by atoms with Crippen LogP contribution in [-0.4, -0.2) is 14.0 Å². The average molecular weight is 600 g/mol. The van der Waals surface area contributed by atoms with Crippen molar-refractivity contribution in [3.63, 3.8) is 0 Å². The van der Waals surface area contributed by atoms with Gasteiger partial charge in [-0.2, -0.15) is 0 Å². The van der Waals surface area contributed by atoms with Crippen LogP contribution in [0.25, 0.3) is 76.8 Å². The van der Waals surface area contributed by atoms with Crippen LogP contribution >= 0.6 is 0 Å². The molecule has 3 nitrogen and oxygen atoms in total. The first-order chi connectivity index (χ1) is 23.3. The molecule has 1 unspecified atom stereocenters. The van der Waals surface area contributed by atoms with Gasteiger partial charge in [-0.25, -0.2) is 4.98 Å². The van der Waals surface area contributed by atoms with Gasteiger partial charge in [0.1, 0.15) is 5.65 Å². The van der Waals surface area contributed by atoms with Gasteiger partial charge < -0.3 is 4.40 Å². The molecule has 0 saturated heterocycles. The molecule has 4 heterocycles. The number of benzene rings is 6. The summed E-state index contributed by atoms with van der Waals surface area (Å²) < 4.78 is 4.82. The van der Waals surface area contributed by atoms with Crippen LogP contribution < -0.4 is 0 Å². The summed E-state index contributed by atoms with van der Waals surface area (Å²) in [4.78, 5) is 5.29. The van der Waals surface area contributed by atoms with Crippen molar-refractivity contribution in [1.29, 1.82) is 0 Å². The second-order valence-electron chi connectivity index (χ2n) is 13.1. The number of hydrogen-bond donors (Lipinski definition) is 0. The molecule has 0 radical (unpaired) electrons. The standard InChI is InChI=1S/C44H29N3/c1-2-13-29(14-3-1)46-38-19-9-7-17-33(38)37-24-28(26-45-44(37)46)31-23-22-27-12-4-5-15-30(27)35-25-36-32-16-6-10-20-39(32)47-40-21-11-8-18-34(40)42(41(31)35)43(36)47/h1-21,24-26,31H,22-23H2. The van der Waals surface area contributed by atoms with Crippen LogP contribution in [0.2, 0.25) is 0 Å². The highest BCUT2D eigenvalue weighted by Crippen LogP contribution is 2.51. The number of para-hydroxylation sites is 4. The topological polar surface area (TPSA) is 22.2 Å². The van der Waals surface area contributed by atoms with Crippen molar-refractivity contribution in [3.05, 3.63) is 162 Å². The molecule has 47 heavy (non-hydrogen) atoms. The molecule has 0 fully saturated rings. The molecule has 0 amide bonds. The van der Waals surface area contributed by atoms with Gasteiger partial charge >= 0.3 is 0 Å². The number of aryl methyl sites for hydroxylation is 1. The van der Waals surface area contributed by atoms with Gasteiger partial charge in [-0.15, -0.1) is 0 Å². The minimum atomic E-state index is 0.185. The van der Waals surface area contributed by atoms with E-state index in [4.69, 9.17) is 4.98 Å². The first-order valence-electron chi connectivity index (χ1n) is 16.6. The SMILES string of the molecule is c1ccc(-n2c3ccccc3c3cc(C4CCc5ccccc5-c5cc6c7ccccc7n7c8ccccc8c(c54)c67)cnc32)cc1. The van der Waals surface area contributed by atoms with Gasteiger partial charge in [0.15, 0.2) is 0 Å². The maximum Gasteiger partial charge on any atom is 0.145 e. The summed E-state index contributed by atoms with van der Waals surface area (Å²) in [6.45, 7) is 0. The lowest BCUT2D eigenvalue weighted by molar-refractivity contribution is 0.728. The van der Waals surface area contributed by atoms with E-state index in [0.717, 1.165) is 24.2 Å². The Morgan fingerprint density at radius 2 is 1.21 bits per heavy atom. The Hall–Kier alpha value is -5.93. The fraction of sp³-hybridized carbons (Fsp3) is 0.0682. The van der Waals surface area contributed by atoms with E-state index in [1.807, 2.05) is 0 Å². The van der Waals surface area contributed by atoms with E-state index in [1.165, 1.54) is 82.2 Å².